The second kappa shape index (κ2) is 7.65. The number of hydrogen-bond donors (Lipinski definition) is 1. The molecule has 7 nitrogen and oxygen atoms in total. The zero-order valence-corrected chi connectivity index (χ0v) is 14.6. The fourth-order valence-electron chi connectivity index (χ4n) is 2.44. The number of nitrogens with zero attached hydrogens (tertiary/aromatic N) is 2. The molecule has 0 aliphatic rings. The molecule has 0 aliphatic heterocycles. The molecule has 0 radical (unpaired) electrons. The maximum atomic E-state index is 12.2. The van der Waals surface area contributed by atoms with E-state index in [4.69, 9.17) is 4.74 Å². The summed E-state index contributed by atoms with van der Waals surface area (Å²) in [6, 6.07) is 11.4. The predicted octanol–water partition coefficient (Wildman–Crippen LogP) is 3.48. The fourth-order valence-corrected chi connectivity index (χ4v) is 2.44. The van der Waals surface area contributed by atoms with E-state index in [0.29, 0.717) is 17.0 Å². The second-order valence-corrected chi connectivity index (χ2v) is 5.83. The van der Waals surface area contributed by atoms with Crippen LogP contribution in [-0.2, 0) is 0 Å². The smallest absolute Gasteiger partial charge is 0.269 e. The molecule has 1 N–H and O–H groups in total. The average Bonchev–Trinajstić information content (AvgIpc) is 2.60. The first kappa shape index (κ1) is 18.3. The first-order valence-electron chi connectivity index (χ1n) is 7.74. The number of amides is 1. The molecule has 132 valence electrons. The van der Waals surface area contributed by atoms with Crippen molar-refractivity contribution in [3.8, 4) is 5.75 Å². The Hall–Kier alpha value is -3.09. The molecule has 7 heteroatoms. The highest BCUT2D eigenvalue weighted by Gasteiger charge is 2.15. The van der Waals surface area contributed by atoms with Gasteiger partial charge in [0.15, 0.2) is 0 Å². The van der Waals surface area contributed by atoms with E-state index in [1.165, 1.54) is 17.0 Å². The minimum Gasteiger partial charge on any atom is -0.495 e. The Bertz CT molecular complexity index is 790. The molecule has 0 aromatic heterocycles. The van der Waals surface area contributed by atoms with Gasteiger partial charge in [0, 0.05) is 37.8 Å². The maximum Gasteiger partial charge on any atom is 0.269 e. The van der Waals surface area contributed by atoms with Gasteiger partial charge < -0.3 is 15.0 Å². The summed E-state index contributed by atoms with van der Waals surface area (Å²) in [5.41, 5.74) is 1.98. The number of non-ortho nitro benzene ring substituents is 1. The van der Waals surface area contributed by atoms with Crippen molar-refractivity contribution in [3.63, 3.8) is 0 Å². The van der Waals surface area contributed by atoms with Gasteiger partial charge in [-0.2, -0.15) is 0 Å². The van der Waals surface area contributed by atoms with Gasteiger partial charge in [0.2, 0.25) is 0 Å². The number of anilines is 1. The summed E-state index contributed by atoms with van der Waals surface area (Å²) < 4.78 is 5.34. The number of rotatable bonds is 6. The van der Waals surface area contributed by atoms with Crippen LogP contribution in [0.1, 0.15) is 28.9 Å². The third-order valence-electron chi connectivity index (χ3n) is 3.81. The van der Waals surface area contributed by atoms with E-state index in [1.807, 2.05) is 13.0 Å². The molecule has 1 amide bonds. The highest BCUT2D eigenvalue weighted by Crippen LogP contribution is 2.30. The van der Waals surface area contributed by atoms with Gasteiger partial charge in [0.25, 0.3) is 11.6 Å². The first-order valence-corrected chi connectivity index (χ1v) is 7.74. The lowest BCUT2D eigenvalue weighted by Gasteiger charge is -2.19. The van der Waals surface area contributed by atoms with Crippen molar-refractivity contribution in [2.24, 2.45) is 0 Å². The third kappa shape index (κ3) is 4.26. The molecule has 2 aromatic rings. The Morgan fingerprint density at radius 3 is 2.56 bits per heavy atom. The van der Waals surface area contributed by atoms with E-state index in [-0.39, 0.29) is 17.6 Å². The lowest BCUT2D eigenvalue weighted by molar-refractivity contribution is -0.384. The molecule has 0 heterocycles. The number of hydrogen-bond acceptors (Lipinski definition) is 5. The fraction of sp³-hybridized carbons (Fsp3) is 0.278. The van der Waals surface area contributed by atoms with Crippen LogP contribution in [-0.4, -0.2) is 36.9 Å². The number of ether oxygens (including phenoxy) is 1. The van der Waals surface area contributed by atoms with E-state index < -0.39 is 4.92 Å². The zero-order valence-electron chi connectivity index (χ0n) is 14.6. The van der Waals surface area contributed by atoms with Crippen molar-refractivity contribution in [1.29, 1.82) is 0 Å². The first-order chi connectivity index (χ1) is 11.8. The largest absolute Gasteiger partial charge is 0.495 e. The summed E-state index contributed by atoms with van der Waals surface area (Å²) in [4.78, 5) is 24.2. The molecule has 0 aliphatic carbocycles. The van der Waals surface area contributed by atoms with E-state index in [9.17, 15) is 14.9 Å². The SMILES string of the molecule is COc1ccc(C(=O)N(C)C)cc1N[C@H](C)c1cccc([N+](=O)[O-])c1. The summed E-state index contributed by atoms with van der Waals surface area (Å²) in [5, 5.41) is 14.2. The molecule has 0 spiro atoms. The molecule has 2 aromatic carbocycles. The number of methoxy groups -OCH3 is 1. The maximum absolute atomic E-state index is 12.2. The zero-order chi connectivity index (χ0) is 18.6. The normalized spacial score (nSPS) is 11.5. The van der Waals surface area contributed by atoms with Gasteiger partial charge in [0.1, 0.15) is 5.75 Å². The van der Waals surface area contributed by atoms with Crippen LogP contribution in [0.3, 0.4) is 0 Å². The summed E-state index contributed by atoms with van der Waals surface area (Å²) in [6.07, 6.45) is 0. The van der Waals surface area contributed by atoms with Gasteiger partial charge in [0.05, 0.1) is 17.7 Å². The molecule has 2 rings (SSSR count). The van der Waals surface area contributed by atoms with Crippen molar-refractivity contribution in [2.45, 2.75) is 13.0 Å². The quantitative estimate of drug-likeness (QED) is 0.641. The van der Waals surface area contributed by atoms with Gasteiger partial charge >= 0.3 is 0 Å². The van der Waals surface area contributed by atoms with Gasteiger partial charge in [-0.1, -0.05) is 12.1 Å². The number of nitrogens with one attached hydrogen (secondary N) is 1. The Kier molecular flexibility index (Phi) is 5.59. The third-order valence-corrected chi connectivity index (χ3v) is 3.81. The van der Waals surface area contributed by atoms with Crippen molar-refractivity contribution in [2.75, 3.05) is 26.5 Å². The minimum atomic E-state index is -0.423. The number of benzene rings is 2. The van der Waals surface area contributed by atoms with Crippen molar-refractivity contribution >= 4 is 17.3 Å². The minimum absolute atomic E-state index is 0.0367. The topological polar surface area (TPSA) is 84.7 Å². The van der Waals surface area contributed by atoms with Crippen LogP contribution in [0, 0.1) is 10.1 Å². The number of carbonyl (C=O) groups excluding carboxylic acids is 1. The van der Waals surface area contributed by atoms with Crippen molar-refractivity contribution in [3.05, 3.63) is 63.7 Å². The van der Waals surface area contributed by atoms with Gasteiger partial charge in [-0.05, 0) is 30.7 Å². The Morgan fingerprint density at radius 1 is 1.24 bits per heavy atom. The molecule has 0 unspecified atom stereocenters. The molecule has 0 saturated carbocycles. The number of nitro groups is 1. The summed E-state index contributed by atoms with van der Waals surface area (Å²) in [5.74, 6) is 0.473. The van der Waals surface area contributed by atoms with Crippen molar-refractivity contribution in [1.82, 2.24) is 4.90 Å². The lowest BCUT2D eigenvalue weighted by atomic mass is 10.1. The Balaban J connectivity index is 2.31. The average molecular weight is 343 g/mol. The van der Waals surface area contributed by atoms with E-state index in [1.54, 1.807) is 45.5 Å². The molecule has 0 fully saturated rings. The predicted molar refractivity (Wildman–Crippen MR) is 96.1 cm³/mol. The van der Waals surface area contributed by atoms with Crippen molar-refractivity contribution < 1.29 is 14.5 Å². The molecule has 0 bridgehead atoms. The van der Waals surface area contributed by atoms with Crippen LogP contribution in [0.15, 0.2) is 42.5 Å². The number of carbonyl (C=O) groups is 1. The van der Waals surface area contributed by atoms with Crippen LogP contribution >= 0.6 is 0 Å². The van der Waals surface area contributed by atoms with Crippen LogP contribution in [0.5, 0.6) is 5.75 Å². The highest BCUT2D eigenvalue weighted by atomic mass is 16.6. The Morgan fingerprint density at radius 2 is 1.96 bits per heavy atom. The highest BCUT2D eigenvalue weighted by molar-refractivity contribution is 5.95. The summed E-state index contributed by atoms with van der Waals surface area (Å²) >= 11 is 0. The van der Waals surface area contributed by atoms with E-state index >= 15 is 0 Å². The van der Waals surface area contributed by atoms with Crippen LogP contribution in [0.25, 0.3) is 0 Å². The number of nitro benzene ring substituents is 1. The summed E-state index contributed by atoms with van der Waals surface area (Å²) in [7, 11) is 4.92. The van der Waals surface area contributed by atoms with Crippen LogP contribution in [0.4, 0.5) is 11.4 Å². The van der Waals surface area contributed by atoms with Gasteiger partial charge in [-0.3, -0.25) is 14.9 Å². The second-order valence-electron chi connectivity index (χ2n) is 5.83. The standard InChI is InChI=1S/C18H21N3O4/c1-12(13-6-5-7-15(10-13)21(23)24)19-16-11-14(18(22)20(2)3)8-9-17(16)25-4/h5-12,19H,1-4H3/t12-/m1/s1. The molecular formula is C18H21N3O4. The van der Waals surface area contributed by atoms with Crippen LogP contribution < -0.4 is 10.1 Å². The Labute approximate surface area is 146 Å². The van der Waals surface area contributed by atoms with E-state index in [2.05, 4.69) is 5.32 Å². The van der Waals surface area contributed by atoms with E-state index in [0.717, 1.165) is 5.56 Å². The van der Waals surface area contributed by atoms with Crippen LogP contribution in [0.2, 0.25) is 0 Å². The molecule has 25 heavy (non-hydrogen) atoms. The lowest BCUT2D eigenvalue weighted by Crippen LogP contribution is -2.21. The summed E-state index contributed by atoms with van der Waals surface area (Å²) in [6.45, 7) is 1.89. The monoisotopic (exact) mass is 343 g/mol. The van der Waals surface area contributed by atoms with Gasteiger partial charge in [-0.25, -0.2) is 0 Å². The molecule has 0 saturated heterocycles. The molecular weight excluding hydrogens is 322 g/mol. The molecule has 1 atom stereocenters. The van der Waals surface area contributed by atoms with Gasteiger partial charge in [-0.15, -0.1) is 0 Å².